The highest BCUT2D eigenvalue weighted by atomic mass is 35.5. The van der Waals surface area contributed by atoms with Gasteiger partial charge in [-0.15, -0.1) is 0 Å². The number of aromatic nitrogens is 1. The predicted molar refractivity (Wildman–Crippen MR) is 93.4 cm³/mol. The van der Waals surface area contributed by atoms with Crippen molar-refractivity contribution >= 4 is 40.6 Å². The van der Waals surface area contributed by atoms with Gasteiger partial charge in [0.05, 0.1) is 21.4 Å². The van der Waals surface area contributed by atoms with Crippen LogP contribution in [0.3, 0.4) is 0 Å². The van der Waals surface area contributed by atoms with Gasteiger partial charge >= 0.3 is 6.03 Å². The zero-order valence-corrected chi connectivity index (χ0v) is 14.5. The van der Waals surface area contributed by atoms with Gasteiger partial charge in [-0.2, -0.15) is 0 Å². The van der Waals surface area contributed by atoms with Gasteiger partial charge in [0.2, 0.25) is 0 Å². The van der Waals surface area contributed by atoms with Crippen molar-refractivity contribution in [3.63, 3.8) is 0 Å². The summed E-state index contributed by atoms with van der Waals surface area (Å²) in [6.07, 6.45) is 3.03. The van der Waals surface area contributed by atoms with Crippen LogP contribution in [0.15, 0.2) is 30.6 Å². The Morgan fingerprint density at radius 1 is 1.08 bits per heavy atom. The van der Waals surface area contributed by atoms with E-state index in [-0.39, 0.29) is 5.69 Å². The molecule has 9 heteroatoms. The van der Waals surface area contributed by atoms with E-state index >= 15 is 0 Å². The third kappa shape index (κ3) is 3.93. The van der Waals surface area contributed by atoms with Gasteiger partial charge in [0, 0.05) is 44.6 Å². The van der Waals surface area contributed by atoms with Crippen molar-refractivity contribution < 1.29 is 13.6 Å². The van der Waals surface area contributed by atoms with E-state index in [0.29, 0.717) is 41.9 Å². The molecule has 1 aliphatic heterocycles. The molecule has 2 aromatic rings. The lowest BCUT2D eigenvalue weighted by atomic mass is 10.2. The summed E-state index contributed by atoms with van der Waals surface area (Å²) in [5.74, 6) is -1.52. The third-order valence-electron chi connectivity index (χ3n) is 3.88. The zero-order valence-electron chi connectivity index (χ0n) is 13.0. The van der Waals surface area contributed by atoms with Crippen molar-refractivity contribution in [2.75, 3.05) is 36.4 Å². The Hall–Kier alpha value is -2.12. The van der Waals surface area contributed by atoms with Crippen LogP contribution in [0.1, 0.15) is 0 Å². The second-order valence-electron chi connectivity index (χ2n) is 5.48. The van der Waals surface area contributed by atoms with Crippen molar-refractivity contribution in [2.45, 2.75) is 0 Å². The molecule has 5 nitrogen and oxygen atoms in total. The summed E-state index contributed by atoms with van der Waals surface area (Å²) < 4.78 is 26.5. The van der Waals surface area contributed by atoms with Gasteiger partial charge in [-0.25, -0.2) is 13.6 Å². The Labute approximate surface area is 153 Å². The topological polar surface area (TPSA) is 48.5 Å². The molecule has 0 unspecified atom stereocenters. The first-order chi connectivity index (χ1) is 12.0. The van der Waals surface area contributed by atoms with Gasteiger partial charge in [0.25, 0.3) is 0 Å². The van der Waals surface area contributed by atoms with Crippen LogP contribution in [0, 0.1) is 11.6 Å². The number of benzene rings is 1. The van der Waals surface area contributed by atoms with Crippen LogP contribution in [-0.2, 0) is 0 Å². The van der Waals surface area contributed by atoms with E-state index in [1.54, 1.807) is 4.90 Å². The third-order valence-corrected chi connectivity index (χ3v) is 4.44. The van der Waals surface area contributed by atoms with Crippen molar-refractivity contribution in [1.82, 2.24) is 9.88 Å². The van der Waals surface area contributed by atoms with Crippen molar-refractivity contribution in [2.24, 2.45) is 0 Å². The van der Waals surface area contributed by atoms with Gasteiger partial charge in [-0.05, 0) is 12.1 Å². The average molecular weight is 387 g/mol. The van der Waals surface area contributed by atoms with Gasteiger partial charge in [-0.3, -0.25) is 4.98 Å². The number of hydrogen-bond donors (Lipinski definition) is 1. The Morgan fingerprint density at radius 3 is 2.32 bits per heavy atom. The fourth-order valence-corrected chi connectivity index (χ4v) is 3.23. The number of pyridine rings is 1. The summed E-state index contributed by atoms with van der Waals surface area (Å²) in [6, 6.07) is 2.55. The fourth-order valence-electron chi connectivity index (χ4n) is 2.62. The van der Waals surface area contributed by atoms with E-state index in [2.05, 4.69) is 10.3 Å². The first-order valence-corrected chi connectivity index (χ1v) is 8.26. The van der Waals surface area contributed by atoms with Gasteiger partial charge in [0.1, 0.15) is 11.6 Å². The number of carbonyl (C=O) groups is 1. The Bertz CT molecular complexity index is 777. The van der Waals surface area contributed by atoms with E-state index < -0.39 is 17.7 Å². The number of carbonyl (C=O) groups excluding carboxylic acids is 1. The molecule has 0 radical (unpaired) electrons. The number of urea groups is 1. The largest absolute Gasteiger partial charge is 0.365 e. The minimum atomic E-state index is -0.817. The number of nitrogens with one attached hydrogen (secondary N) is 1. The number of rotatable bonds is 2. The molecule has 3 rings (SSSR count). The molecule has 1 aromatic carbocycles. The lowest BCUT2D eigenvalue weighted by Gasteiger charge is -2.36. The smallest absolute Gasteiger partial charge is 0.322 e. The minimum absolute atomic E-state index is 0.0611. The number of halogens is 4. The first kappa shape index (κ1) is 17.7. The van der Waals surface area contributed by atoms with Crippen LogP contribution in [0.2, 0.25) is 10.0 Å². The predicted octanol–water partition coefficient (Wildman–Crippen LogP) is 4.02. The van der Waals surface area contributed by atoms with Crippen LogP contribution >= 0.6 is 23.2 Å². The molecule has 0 atom stereocenters. The normalized spacial score (nSPS) is 14.6. The number of nitrogens with zero attached hydrogens (tertiary/aromatic N) is 3. The monoisotopic (exact) mass is 386 g/mol. The SMILES string of the molecule is O=C(Nc1ccc(F)cc1F)N1CCN(c2c(Cl)cncc2Cl)CC1. The van der Waals surface area contributed by atoms with Crippen molar-refractivity contribution in [3.8, 4) is 0 Å². The molecular weight excluding hydrogens is 373 g/mol. The summed E-state index contributed by atoms with van der Waals surface area (Å²) in [4.78, 5) is 19.7. The van der Waals surface area contributed by atoms with Gasteiger partial charge in [-0.1, -0.05) is 23.2 Å². The summed E-state index contributed by atoms with van der Waals surface area (Å²) in [7, 11) is 0. The Balaban J connectivity index is 1.63. The molecule has 1 fully saturated rings. The number of anilines is 2. The van der Waals surface area contributed by atoms with Crippen LogP contribution in [0.5, 0.6) is 0 Å². The van der Waals surface area contributed by atoms with Gasteiger partial charge in [0.15, 0.2) is 0 Å². The summed E-state index contributed by atoms with van der Waals surface area (Å²) >= 11 is 12.3. The summed E-state index contributed by atoms with van der Waals surface area (Å²) in [5, 5.41) is 3.34. The maximum atomic E-state index is 13.6. The Morgan fingerprint density at radius 2 is 1.72 bits per heavy atom. The Kier molecular flexibility index (Phi) is 5.24. The first-order valence-electron chi connectivity index (χ1n) is 7.50. The van der Waals surface area contributed by atoms with Gasteiger partial charge < -0.3 is 15.1 Å². The molecule has 1 aliphatic rings. The molecule has 0 spiro atoms. The lowest BCUT2D eigenvalue weighted by molar-refractivity contribution is 0.208. The van der Waals surface area contributed by atoms with Crippen LogP contribution < -0.4 is 10.2 Å². The number of amides is 2. The molecule has 25 heavy (non-hydrogen) atoms. The van der Waals surface area contributed by atoms with Crippen molar-refractivity contribution in [1.29, 1.82) is 0 Å². The molecule has 0 saturated carbocycles. The maximum Gasteiger partial charge on any atom is 0.322 e. The average Bonchev–Trinajstić information content (AvgIpc) is 2.58. The van der Waals surface area contributed by atoms with Crippen LogP contribution in [0.25, 0.3) is 0 Å². The molecule has 1 saturated heterocycles. The second kappa shape index (κ2) is 7.41. The molecule has 132 valence electrons. The van der Waals surface area contributed by atoms with Crippen molar-refractivity contribution in [3.05, 3.63) is 52.3 Å². The molecule has 2 heterocycles. The quantitative estimate of drug-likeness (QED) is 0.847. The second-order valence-corrected chi connectivity index (χ2v) is 6.29. The summed E-state index contributed by atoms with van der Waals surface area (Å²) in [5.41, 5.74) is 0.622. The van der Waals surface area contributed by atoms with E-state index in [0.717, 1.165) is 12.1 Å². The van der Waals surface area contributed by atoms with E-state index in [1.165, 1.54) is 18.5 Å². The molecule has 2 amide bonds. The number of hydrogen-bond acceptors (Lipinski definition) is 3. The van der Waals surface area contributed by atoms with Crippen LogP contribution in [-0.4, -0.2) is 42.1 Å². The molecule has 1 aromatic heterocycles. The summed E-state index contributed by atoms with van der Waals surface area (Å²) in [6.45, 7) is 1.85. The molecular formula is C16H14Cl2F2N4O. The highest BCUT2D eigenvalue weighted by molar-refractivity contribution is 6.38. The lowest BCUT2D eigenvalue weighted by Crippen LogP contribution is -2.50. The molecule has 1 N–H and O–H groups in total. The highest BCUT2D eigenvalue weighted by Gasteiger charge is 2.24. The fraction of sp³-hybridized carbons (Fsp3) is 0.250. The van der Waals surface area contributed by atoms with E-state index in [1.807, 2.05) is 4.90 Å². The number of piperazine rings is 1. The maximum absolute atomic E-state index is 13.6. The standard InChI is InChI=1S/C16H14Cl2F2N4O/c17-11-8-21-9-12(18)15(11)23-3-5-24(6-4-23)16(25)22-14-2-1-10(19)7-13(14)20/h1-2,7-9H,3-6H2,(H,22,25). The van der Waals surface area contributed by atoms with E-state index in [4.69, 9.17) is 23.2 Å². The van der Waals surface area contributed by atoms with E-state index in [9.17, 15) is 13.6 Å². The minimum Gasteiger partial charge on any atom is -0.365 e. The molecule has 0 aliphatic carbocycles. The molecule has 0 bridgehead atoms. The highest BCUT2D eigenvalue weighted by Crippen LogP contribution is 2.33. The zero-order chi connectivity index (χ0) is 18.0. The van der Waals surface area contributed by atoms with Crippen LogP contribution in [0.4, 0.5) is 25.0 Å².